The summed E-state index contributed by atoms with van der Waals surface area (Å²) < 4.78 is 29.5. The van der Waals surface area contributed by atoms with Gasteiger partial charge in [-0.3, -0.25) is 0 Å². The van der Waals surface area contributed by atoms with Gasteiger partial charge in [-0.15, -0.1) is 10.2 Å². The maximum Gasteiger partial charge on any atom is 0.252 e. The van der Waals surface area contributed by atoms with E-state index < -0.39 is 0 Å². The molecule has 0 aliphatic heterocycles. The smallest absolute Gasteiger partial charge is 0.252 e. The molecule has 0 atom stereocenters. The molecular weight excluding hydrogens is 287 g/mol. The molecule has 1 aromatic heterocycles. The molecule has 0 aliphatic carbocycles. The van der Waals surface area contributed by atoms with Gasteiger partial charge in [0.2, 0.25) is 5.89 Å². The third kappa shape index (κ3) is 2.50. The summed E-state index contributed by atoms with van der Waals surface area (Å²) in [6, 6.07) is 11.3. The Hall–Kier alpha value is -2.89. The molecule has 0 radical (unpaired) electrons. The highest BCUT2D eigenvalue weighted by atomic mass is 19.1. The van der Waals surface area contributed by atoms with E-state index in [0.717, 1.165) is 0 Å². The van der Waals surface area contributed by atoms with E-state index in [0.29, 0.717) is 22.6 Å². The van der Waals surface area contributed by atoms with Gasteiger partial charge in [-0.1, -0.05) is 12.1 Å². The molecule has 0 spiro atoms. The highest BCUT2D eigenvalue weighted by Gasteiger charge is 2.17. The van der Waals surface area contributed by atoms with Crippen LogP contribution in [0.4, 0.5) is 4.39 Å². The van der Waals surface area contributed by atoms with Crippen LogP contribution < -0.4 is 9.47 Å². The maximum atomic E-state index is 13.3. The largest absolute Gasteiger partial charge is 0.493 e. The number of hydrogen-bond acceptors (Lipinski definition) is 5. The first-order chi connectivity index (χ1) is 10.7. The van der Waals surface area contributed by atoms with Gasteiger partial charge in [0.25, 0.3) is 5.89 Å². The summed E-state index contributed by atoms with van der Waals surface area (Å²) in [5, 5.41) is 7.96. The van der Waals surface area contributed by atoms with E-state index in [1.807, 2.05) is 0 Å². The third-order valence-electron chi connectivity index (χ3n) is 3.13. The predicted molar refractivity (Wildman–Crippen MR) is 78.2 cm³/mol. The Labute approximate surface area is 126 Å². The number of ether oxygens (including phenoxy) is 2. The van der Waals surface area contributed by atoms with Crippen molar-refractivity contribution in [2.45, 2.75) is 0 Å². The average molecular weight is 300 g/mol. The van der Waals surface area contributed by atoms with Crippen molar-refractivity contribution in [3.8, 4) is 34.4 Å². The Morgan fingerprint density at radius 3 is 2.45 bits per heavy atom. The lowest BCUT2D eigenvalue weighted by Crippen LogP contribution is -1.93. The van der Waals surface area contributed by atoms with Gasteiger partial charge in [0.15, 0.2) is 11.5 Å². The highest BCUT2D eigenvalue weighted by Crippen LogP contribution is 2.37. The fourth-order valence-electron chi connectivity index (χ4n) is 2.13. The molecule has 22 heavy (non-hydrogen) atoms. The van der Waals surface area contributed by atoms with E-state index in [-0.39, 0.29) is 17.6 Å². The van der Waals surface area contributed by atoms with Crippen LogP contribution in [-0.2, 0) is 0 Å². The molecular formula is C16H13FN2O3. The lowest BCUT2D eigenvalue weighted by Gasteiger charge is -2.09. The van der Waals surface area contributed by atoms with Crippen molar-refractivity contribution in [1.29, 1.82) is 0 Å². The number of rotatable bonds is 4. The molecule has 0 unspecified atom stereocenters. The zero-order chi connectivity index (χ0) is 15.5. The SMILES string of the molecule is COc1cccc(-c2nnc(-c3cccc(F)c3)o2)c1OC. The standard InChI is InChI=1S/C16H13FN2O3/c1-20-13-8-4-7-12(14(13)21-2)16-19-18-15(22-16)10-5-3-6-11(17)9-10/h3-9H,1-2H3. The van der Waals surface area contributed by atoms with Gasteiger partial charge in [-0.05, 0) is 30.3 Å². The second-order valence-corrected chi connectivity index (χ2v) is 4.46. The molecule has 0 bridgehead atoms. The molecule has 112 valence electrons. The lowest BCUT2D eigenvalue weighted by atomic mass is 10.2. The van der Waals surface area contributed by atoms with Gasteiger partial charge in [0.05, 0.1) is 19.8 Å². The van der Waals surface area contributed by atoms with Crippen molar-refractivity contribution in [1.82, 2.24) is 10.2 Å². The quantitative estimate of drug-likeness (QED) is 0.737. The zero-order valence-electron chi connectivity index (χ0n) is 12.0. The molecule has 0 saturated heterocycles. The predicted octanol–water partition coefficient (Wildman–Crippen LogP) is 3.56. The molecule has 2 aromatic carbocycles. The van der Waals surface area contributed by atoms with Crippen molar-refractivity contribution in [3.63, 3.8) is 0 Å². The molecule has 1 heterocycles. The molecule has 0 N–H and O–H groups in total. The molecule has 3 aromatic rings. The topological polar surface area (TPSA) is 57.4 Å². The van der Waals surface area contributed by atoms with Crippen LogP contribution in [0.25, 0.3) is 22.9 Å². The van der Waals surface area contributed by atoms with Crippen molar-refractivity contribution < 1.29 is 18.3 Å². The Morgan fingerprint density at radius 2 is 1.73 bits per heavy atom. The third-order valence-corrected chi connectivity index (χ3v) is 3.13. The normalized spacial score (nSPS) is 10.5. The number of hydrogen-bond donors (Lipinski definition) is 0. The van der Waals surface area contributed by atoms with E-state index in [9.17, 15) is 4.39 Å². The molecule has 0 amide bonds. The summed E-state index contributed by atoms with van der Waals surface area (Å²) in [5.74, 6) is 1.20. The van der Waals surface area contributed by atoms with Crippen LogP contribution in [0.2, 0.25) is 0 Å². The molecule has 0 saturated carbocycles. The van der Waals surface area contributed by atoms with Gasteiger partial charge >= 0.3 is 0 Å². The van der Waals surface area contributed by atoms with Gasteiger partial charge < -0.3 is 13.9 Å². The monoisotopic (exact) mass is 300 g/mol. The molecule has 6 heteroatoms. The minimum atomic E-state index is -0.365. The zero-order valence-corrected chi connectivity index (χ0v) is 12.0. The summed E-state index contributed by atoms with van der Waals surface area (Å²) in [6.07, 6.45) is 0. The van der Waals surface area contributed by atoms with Gasteiger partial charge in [-0.2, -0.15) is 0 Å². The first kappa shape index (κ1) is 14.1. The van der Waals surface area contributed by atoms with Crippen LogP contribution in [0.1, 0.15) is 0 Å². The van der Waals surface area contributed by atoms with Gasteiger partial charge in [0.1, 0.15) is 5.82 Å². The number of methoxy groups -OCH3 is 2. The van der Waals surface area contributed by atoms with E-state index in [1.165, 1.54) is 19.2 Å². The van der Waals surface area contributed by atoms with Gasteiger partial charge in [-0.25, -0.2) is 4.39 Å². The van der Waals surface area contributed by atoms with E-state index in [2.05, 4.69) is 10.2 Å². The van der Waals surface area contributed by atoms with Crippen LogP contribution in [0.3, 0.4) is 0 Å². The minimum Gasteiger partial charge on any atom is -0.493 e. The highest BCUT2D eigenvalue weighted by molar-refractivity contribution is 5.68. The number of aromatic nitrogens is 2. The summed E-state index contributed by atoms with van der Waals surface area (Å²) in [6.45, 7) is 0. The van der Waals surface area contributed by atoms with Crippen LogP contribution in [-0.4, -0.2) is 24.4 Å². The van der Waals surface area contributed by atoms with Crippen molar-refractivity contribution >= 4 is 0 Å². The number of nitrogens with zero attached hydrogens (tertiary/aromatic N) is 2. The van der Waals surface area contributed by atoms with Crippen LogP contribution in [0.15, 0.2) is 46.9 Å². The molecule has 5 nitrogen and oxygen atoms in total. The van der Waals surface area contributed by atoms with Gasteiger partial charge in [0, 0.05) is 5.56 Å². The number of para-hydroxylation sites is 1. The fourth-order valence-corrected chi connectivity index (χ4v) is 2.13. The summed E-state index contributed by atoms with van der Waals surface area (Å²) in [7, 11) is 3.08. The molecule has 3 rings (SSSR count). The van der Waals surface area contributed by atoms with Crippen LogP contribution in [0.5, 0.6) is 11.5 Å². The van der Waals surface area contributed by atoms with Crippen LogP contribution in [0, 0.1) is 5.82 Å². The summed E-state index contributed by atoms with van der Waals surface area (Å²) in [4.78, 5) is 0. The Bertz CT molecular complexity index is 802. The Balaban J connectivity index is 2.05. The minimum absolute atomic E-state index is 0.236. The first-order valence-electron chi connectivity index (χ1n) is 6.53. The Kier molecular flexibility index (Phi) is 3.74. The summed E-state index contributed by atoms with van der Waals surface area (Å²) >= 11 is 0. The lowest BCUT2D eigenvalue weighted by molar-refractivity contribution is 0.355. The first-order valence-corrected chi connectivity index (χ1v) is 6.53. The maximum absolute atomic E-state index is 13.3. The molecule has 0 fully saturated rings. The van der Waals surface area contributed by atoms with E-state index >= 15 is 0 Å². The fraction of sp³-hybridized carbons (Fsp3) is 0.125. The number of halogens is 1. The van der Waals surface area contributed by atoms with Crippen molar-refractivity contribution in [2.24, 2.45) is 0 Å². The van der Waals surface area contributed by atoms with E-state index in [1.54, 1.807) is 37.4 Å². The van der Waals surface area contributed by atoms with E-state index in [4.69, 9.17) is 13.9 Å². The molecule has 0 aliphatic rings. The van der Waals surface area contributed by atoms with Crippen molar-refractivity contribution in [2.75, 3.05) is 14.2 Å². The van der Waals surface area contributed by atoms with Crippen molar-refractivity contribution in [3.05, 3.63) is 48.3 Å². The van der Waals surface area contributed by atoms with Crippen LogP contribution >= 0.6 is 0 Å². The summed E-state index contributed by atoms with van der Waals surface area (Å²) in [5.41, 5.74) is 1.12. The average Bonchev–Trinajstić information content (AvgIpc) is 3.03. The second kappa shape index (κ2) is 5.85. The second-order valence-electron chi connectivity index (χ2n) is 4.46. The Morgan fingerprint density at radius 1 is 0.955 bits per heavy atom. The number of benzene rings is 2.